The van der Waals surface area contributed by atoms with Crippen LogP contribution in [0.5, 0.6) is 0 Å². The van der Waals surface area contributed by atoms with Crippen molar-refractivity contribution in [2.45, 2.75) is 29.9 Å². The molecule has 2 rings (SSSR count). The summed E-state index contributed by atoms with van der Waals surface area (Å²) in [6.07, 6.45) is 4.51. The van der Waals surface area contributed by atoms with Crippen LogP contribution in [-0.2, 0) is 6.54 Å². The Bertz CT molecular complexity index is 485. The maximum Gasteiger partial charge on any atom is 0.170 e. The first-order valence-corrected chi connectivity index (χ1v) is 6.77. The van der Waals surface area contributed by atoms with E-state index in [0.717, 1.165) is 28.6 Å². The highest BCUT2D eigenvalue weighted by Crippen LogP contribution is 2.26. The predicted molar refractivity (Wildman–Crippen MR) is 71.1 cm³/mol. The van der Waals surface area contributed by atoms with E-state index >= 15 is 0 Å². The summed E-state index contributed by atoms with van der Waals surface area (Å²) in [5, 5.41) is 4.04. The van der Waals surface area contributed by atoms with Crippen LogP contribution in [0.2, 0.25) is 0 Å². The van der Waals surface area contributed by atoms with Crippen molar-refractivity contribution in [3.8, 4) is 0 Å². The molecule has 0 unspecified atom stereocenters. The Kier molecular flexibility index (Phi) is 4.78. The van der Waals surface area contributed by atoms with Crippen molar-refractivity contribution in [1.82, 2.24) is 15.3 Å². The molecule has 0 spiro atoms. The lowest BCUT2D eigenvalue weighted by Crippen LogP contribution is -2.13. The smallest absolute Gasteiger partial charge is 0.170 e. The van der Waals surface area contributed by atoms with E-state index in [1.54, 1.807) is 18.5 Å². The lowest BCUT2D eigenvalue weighted by atomic mass is 10.2. The summed E-state index contributed by atoms with van der Waals surface area (Å²) in [4.78, 5) is 7.97. The molecule has 0 saturated carbocycles. The predicted octanol–water partition coefficient (Wildman–Crippen LogP) is 3.20. The minimum absolute atomic E-state index is 0.208. The Balaban J connectivity index is 2.06. The number of imidazole rings is 1. The van der Waals surface area contributed by atoms with E-state index in [4.69, 9.17) is 0 Å². The van der Waals surface area contributed by atoms with Gasteiger partial charge in [-0.3, -0.25) is 0 Å². The summed E-state index contributed by atoms with van der Waals surface area (Å²) in [6.45, 7) is 3.74. The molecule has 1 aromatic carbocycles. The average molecular weight is 265 g/mol. The molecular weight excluding hydrogens is 249 g/mol. The SMILES string of the molecule is CCCNCc1cc(F)cc(Sc2ncc[nH]2)c1. The fourth-order valence-electron chi connectivity index (χ4n) is 1.61. The van der Waals surface area contributed by atoms with Gasteiger partial charge in [0.05, 0.1) is 0 Å². The lowest BCUT2D eigenvalue weighted by Gasteiger charge is -2.06. The second kappa shape index (κ2) is 6.56. The molecule has 3 nitrogen and oxygen atoms in total. The molecule has 2 N–H and O–H groups in total. The quantitative estimate of drug-likeness (QED) is 0.788. The third-order valence-corrected chi connectivity index (χ3v) is 3.26. The fourth-order valence-corrected chi connectivity index (χ4v) is 2.46. The third kappa shape index (κ3) is 3.85. The average Bonchev–Trinajstić information content (AvgIpc) is 2.81. The largest absolute Gasteiger partial charge is 0.339 e. The van der Waals surface area contributed by atoms with Crippen LogP contribution < -0.4 is 5.32 Å². The number of nitrogens with one attached hydrogen (secondary N) is 2. The van der Waals surface area contributed by atoms with Crippen molar-refractivity contribution < 1.29 is 4.39 Å². The number of aromatic amines is 1. The molecule has 0 bridgehead atoms. The number of rotatable bonds is 6. The molecule has 0 aliphatic carbocycles. The number of halogens is 1. The Morgan fingerprint density at radius 1 is 1.39 bits per heavy atom. The Hall–Kier alpha value is -1.33. The Labute approximate surface area is 110 Å². The van der Waals surface area contributed by atoms with Gasteiger partial charge in [-0.1, -0.05) is 18.7 Å². The van der Waals surface area contributed by atoms with Gasteiger partial charge >= 0.3 is 0 Å². The van der Waals surface area contributed by atoms with Crippen molar-refractivity contribution in [2.24, 2.45) is 0 Å². The van der Waals surface area contributed by atoms with Crippen LogP contribution in [0.25, 0.3) is 0 Å². The van der Waals surface area contributed by atoms with Crippen LogP contribution in [0.15, 0.2) is 40.6 Å². The van der Waals surface area contributed by atoms with Crippen LogP contribution in [-0.4, -0.2) is 16.5 Å². The molecule has 0 aliphatic heterocycles. The zero-order valence-corrected chi connectivity index (χ0v) is 11.1. The molecule has 1 heterocycles. The second-order valence-corrected chi connectivity index (χ2v) is 5.03. The van der Waals surface area contributed by atoms with Crippen LogP contribution in [0.4, 0.5) is 4.39 Å². The third-order valence-electron chi connectivity index (χ3n) is 2.37. The van der Waals surface area contributed by atoms with Crippen LogP contribution >= 0.6 is 11.8 Å². The number of nitrogens with zero attached hydrogens (tertiary/aromatic N) is 1. The van der Waals surface area contributed by atoms with Gasteiger partial charge in [-0.05, 0) is 36.7 Å². The second-order valence-electron chi connectivity index (χ2n) is 3.97. The molecule has 18 heavy (non-hydrogen) atoms. The minimum Gasteiger partial charge on any atom is -0.339 e. The summed E-state index contributed by atoms with van der Waals surface area (Å²) in [7, 11) is 0. The van der Waals surface area contributed by atoms with Gasteiger partial charge in [-0.2, -0.15) is 0 Å². The summed E-state index contributed by atoms with van der Waals surface area (Å²) in [6, 6.07) is 5.07. The molecular formula is C13H16FN3S. The zero-order valence-electron chi connectivity index (χ0n) is 10.2. The Morgan fingerprint density at radius 3 is 3.00 bits per heavy atom. The summed E-state index contributed by atoms with van der Waals surface area (Å²) in [5.74, 6) is -0.208. The maximum atomic E-state index is 13.5. The Morgan fingerprint density at radius 2 is 2.28 bits per heavy atom. The van der Waals surface area contributed by atoms with Crippen molar-refractivity contribution in [3.05, 3.63) is 42.0 Å². The highest BCUT2D eigenvalue weighted by molar-refractivity contribution is 7.99. The van der Waals surface area contributed by atoms with E-state index in [9.17, 15) is 4.39 Å². The molecule has 1 aromatic heterocycles. The van der Waals surface area contributed by atoms with E-state index in [1.165, 1.54) is 17.8 Å². The van der Waals surface area contributed by atoms with Crippen molar-refractivity contribution in [2.75, 3.05) is 6.54 Å². The van der Waals surface area contributed by atoms with Gasteiger partial charge in [-0.15, -0.1) is 0 Å². The zero-order chi connectivity index (χ0) is 12.8. The molecule has 0 amide bonds. The van der Waals surface area contributed by atoms with Crippen LogP contribution in [0.1, 0.15) is 18.9 Å². The summed E-state index contributed by atoms with van der Waals surface area (Å²) in [5.41, 5.74) is 0.956. The first-order valence-electron chi connectivity index (χ1n) is 5.95. The van der Waals surface area contributed by atoms with E-state index in [-0.39, 0.29) is 5.82 Å². The highest BCUT2D eigenvalue weighted by atomic mass is 32.2. The van der Waals surface area contributed by atoms with Crippen LogP contribution in [0, 0.1) is 5.82 Å². The monoisotopic (exact) mass is 265 g/mol. The van der Waals surface area contributed by atoms with Gasteiger partial charge in [0, 0.05) is 23.8 Å². The summed E-state index contributed by atoms with van der Waals surface area (Å²) < 4.78 is 13.5. The van der Waals surface area contributed by atoms with Crippen molar-refractivity contribution in [1.29, 1.82) is 0 Å². The molecule has 5 heteroatoms. The van der Waals surface area contributed by atoms with E-state index in [2.05, 4.69) is 22.2 Å². The molecule has 96 valence electrons. The van der Waals surface area contributed by atoms with E-state index in [1.807, 2.05) is 6.07 Å². The van der Waals surface area contributed by atoms with Gasteiger partial charge in [0.15, 0.2) is 5.16 Å². The van der Waals surface area contributed by atoms with Gasteiger partial charge in [0.1, 0.15) is 5.82 Å². The molecule has 0 saturated heterocycles. The lowest BCUT2D eigenvalue weighted by molar-refractivity contribution is 0.615. The van der Waals surface area contributed by atoms with Crippen molar-refractivity contribution in [3.63, 3.8) is 0 Å². The maximum absolute atomic E-state index is 13.5. The molecule has 0 aliphatic rings. The molecule has 0 fully saturated rings. The number of aromatic nitrogens is 2. The van der Waals surface area contributed by atoms with Gasteiger partial charge in [0.25, 0.3) is 0 Å². The topological polar surface area (TPSA) is 40.7 Å². The molecule has 0 radical (unpaired) electrons. The number of benzene rings is 1. The number of hydrogen-bond donors (Lipinski definition) is 2. The van der Waals surface area contributed by atoms with Gasteiger partial charge < -0.3 is 10.3 Å². The fraction of sp³-hybridized carbons (Fsp3) is 0.308. The minimum atomic E-state index is -0.208. The first kappa shape index (κ1) is 13.1. The van der Waals surface area contributed by atoms with Gasteiger partial charge in [0.2, 0.25) is 0 Å². The van der Waals surface area contributed by atoms with Crippen molar-refractivity contribution >= 4 is 11.8 Å². The standard InChI is InChI=1S/C13H16FN3S/c1-2-3-15-9-10-6-11(14)8-12(7-10)18-13-16-4-5-17-13/h4-8,15H,2-3,9H2,1H3,(H,16,17). The molecule has 0 atom stereocenters. The number of H-pyrrole nitrogens is 1. The highest BCUT2D eigenvalue weighted by Gasteiger charge is 2.04. The van der Waals surface area contributed by atoms with Gasteiger partial charge in [-0.25, -0.2) is 9.37 Å². The normalized spacial score (nSPS) is 10.8. The van der Waals surface area contributed by atoms with Crippen LogP contribution in [0.3, 0.4) is 0 Å². The summed E-state index contributed by atoms with van der Waals surface area (Å²) >= 11 is 1.43. The number of hydrogen-bond acceptors (Lipinski definition) is 3. The molecule has 2 aromatic rings. The van der Waals surface area contributed by atoms with E-state index in [0.29, 0.717) is 6.54 Å². The van der Waals surface area contributed by atoms with E-state index < -0.39 is 0 Å². The first-order chi connectivity index (χ1) is 8.78.